The van der Waals surface area contributed by atoms with Crippen molar-refractivity contribution in [2.24, 2.45) is 5.92 Å². The van der Waals surface area contributed by atoms with Gasteiger partial charge in [-0.25, -0.2) is 4.98 Å². The summed E-state index contributed by atoms with van der Waals surface area (Å²) in [5, 5.41) is 11.5. The van der Waals surface area contributed by atoms with Crippen LogP contribution in [0.5, 0.6) is 0 Å². The third-order valence-corrected chi connectivity index (χ3v) is 3.16. The summed E-state index contributed by atoms with van der Waals surface area (Å²) in [6, 6.07) is 7.74. The minimum absolute atomic E-state index is 0.550. The first kappa shape index (κ1) is 11.3. The monoisotopic (exact) mass is 244 g/mol. The van der Waals surface area contributed by atoms with Crippen LogP contribution in [0.1, 0.15) is 12.8 Å². The Balaban J connectivity index is 1.66. The topological polar surface area (TPSA) is 59.9 Å². The summed E-state index contributed by atoms with van der Waals surface area (Å²) in [6.07, 6.45) is 2.34. The van der Waals surface area contributed by atoms with Gasteiger partial charge in [-0.15, -0.1) is 10.2 Å². The van der Waals surface area contributed by atoms with Crippen LogP contribution in [-0.2, 0) is 4.74 Å². The van der Waals surface area contributed by atoms with Gasteiger partial charge in [0.2, 0.25) is 5.95 Å². The molecule has 1 fully saturated rings. The third kappa shape index (κ3) is 2.56. The molecule has 1 aromatic carbocycles. The Morgan fingerprint density at radius 1 is 1.22 bits per heavy atom. The minimum Gasteiger partial charge on any atom is -0.381 e. The lowest BCUT2D eigenvalue weighted by Gasteiger charge is -2.21. The highest BCUT2D eigenvalue weighted by atomic mass is 16.5. The molecule has 3 rings (SSSR count). The Morgan fingerprint density at radius 2 is 2.11 bits per heavy atom. The lowest BCUT2D eigenvalue weighted by Crippen LogP contribution is -2.25. The van der Waals surface area contributed by atoms with Crippen molar-refractivity contribution in [2.45, 2.75) is 12.8 Å². The van der Waals surface area contributed by atoms with Gasteiger partial charge in [0.25, 0.3) is 0 Å². The van der Waals surface area contributed by atoms with E-state index in [9.17, 15) is 0 Å². The number of hydrogen-bond donors (Lipinski definition) is 1. The van der Waals surface area contributed by atoms with E-state index in [2.05, 4.69) is 20.5 Å². The number of nitrogens with zero attached hydrogens (tertiary/aromatic N) is 3. The Morgan fingerprint density at radius 3 is 2.94 bits per heavy atom. The maximum Gasteiger partial charge on any atom is 0.243 e. The van der Waals surface area contributed by atoms with Crippen LogP contribution in [0, 0.1) is 5.92 Å². The molecule has 18 heavy (non-hydrogen) atoms. The third-order valence-electron chi connectivity index (χ3n) is 3.16. The van der Waals surface area contributed by atoms with Crippen LogP contribution in [0.15, 0.2) is 24.3 Å². The molecule has 1 aliphatic heterocycles. The predicted molar refractivity (Wildman–Crippen MR) is 69.4 cm³/mol. The van der Waals surface area contributed by atoms with Gasteiger partial charge >= 0.3 is 0 Å². The second-order valence-corrected chi connectivity index (χ2v) is 4.59. The van der Waals surface area contributed by atoms with E-state index in [1.807, 2.05) is 24.3 Å². The van der Waals surface area contributed by atoms with Crippen LogP contribution in [0.3, 0.4) is 0 Å². The Hall–Kier alpha value is -1.75. The largest absolute Gasteiger partial charge is 0.381 e. The maximum atomic E-state index is 5.44. The van der Waals surface area contributed by atoms with Crippen molar-refractivity contribution >= 4 is 17.0 Å². The van der Waals surface area contributed by atoms with Crippen LogP contribution in [0.4, 0.5) is 5.95 Å². The van der Waals surface area contributed by atoms with Crippen molar-refractivity contribution in [3.63, 3.8) is 0 Å². The first-order chi connectivity index (χ1) is 8.92. The normalized spacial score (nSPS) is 19.9. The number of aromatic nitrogens is 3. The second-order valence-electron chi connectivity index (χ2n) is 4.59. The molecule has 5 nitrogen and oxygen atoms in total. The number of benzene rings is 1. The number of fused-ring (bicyclic) bond motifs is 1. The number of ether oxygens (including phenoxy) is 1. The highest BCUT2D eigenvalue weighted by Gasteiger charge is 2.14. The van der Waals surface area contributed by atoms with Gasteiger partial charge in [-0.1, -0.05) is 12.1 Å². The molecule has 0 saturated carbocycles. The zero-order chi connectivity index (χ0) is 12.2. The summed E-state index contributed by atoms with van der Waals surface area (Å²) >= 11 is 0. The quantitative estimate of drug-likeness (QED) is 0.893. The van der Waals surface area contributed by atoms with E-state index in [0.717, 1.165) is 37.2 Å². The van der Waals surface area contributed by atoms with Crippen molar-refractivity contribution in [2.75, 3.05) is 25.1 Å². The molecule has 1 aromatic heterocycles. The van der Waals surface area contributed by atoms with Gasteiger partial charge in [-0.2, -0.15) is 0 Å². The van der Waals surface area contributed by atoms with Crippen LogP contribution in [0.2, 0.25) is 0 Å². The SMILES string of the molecule is c1ccc2nc(NCC3CCCOC3)nnc2c1. The van der Waals surface area contributed by atoms with E-state index in [-0.39, 0.29) is 0 Å². The maximum absolute atomic E-state index is 5.44. The molecule has 2 aromatic rings. The van der Waals surface area contributed by atoms with Crippen molar-refractivity contribution in [1.82, 2.24) is 15.2 Å². The van der Waals surface area contributed by atoms with Crippen LogP contribution in [-0.4, -0.2) is 34.9 Å². The molecule has 1 N–H and O–H groups in total. The number of hydrogen-bond acceptors (Lipinski definition) is 5. The van der Waals surface area contributed by atoms with Gasteiger partial charge < -0.3 is 10.1 Å². The van der Waals surface area contributed by atoms with Crippen molar-refractivity contribution in [3.8, 4) is 0 Å². The van der Waals surface area contributed by atoms with Crippen LogP contribution >= 0.6 is 0 Å². The van der Waals surface area contributed by atoms with E-state index >= 15 is 0 Å². The minimum atomic E-state index is 0.550. The summed E-state index contributed by atoms with van der Waals surface area (Å²) < 4.78 is 5.44. The van der Waals surface area contributed by atoms with E-state index in [4.69, 9.17) is 4.74 Å². The molecule has 1 unspecified atom stereocenters. The first-order valence-electron chi connectivity index (χ1n) is 6.33. The van der Waals surface area contributed by atoms with Crippen molar-refractivity contribution in [1.29, 1.82) is 0 Å². The molecule has 5 heteroatoms. The number of nitrogens with one attached hydrogen (secondary N) is 1. The standard InChI is InChI=1S/C13H16N4O/c1-2-6-12-11(5-1)15-13(17-16-12)14-8-10-4-3-7-18-9-10/h1-2,5-6,10H,3-4,7-9H2,(H,14,15,17). The lowest BCUT2D eigenvalue weighted by molar-refractivity contribution is 0.0594. The van der Waals surface area contributed by atoms with E-state index in [1.165, 1.54) is 6.42 Å². The average Bonchev–Trinajstić information content (AvgIpc) is 2.46. The smallest absolute Gasteiger partial charge is 0.243 e. The fraction of sp³-hybridized carbons (Fsp3) is 0.462. The van der Waals surface area contributed by atoms with Crippen LogP contribution in [0.25, 0.3) is 11.0 Å². The van der Waals surface area contributed by atoms with Crippen molar-refractivity contribution in [3.05, 3.63) is 24.3 Å². The summed E-state index contributed by atoms with van der Waals surface area (Å²) in [7, 11) is 0. The summed E-state index contributed by atoms with van der Waals surface area (Å²) in [4.78, 5) is 4.43. The zero-order valence-corrected chi connectivity index (χ0v) is 10.2. The van der Waals surface area contributed by atoms with Gasteiger partial charge in [-0.3, -0.25) is 0 Å². The highest BCUT2D eigenvalue weighted by Crippen LogP contribution is 2.14. The molecule has 1 saturated heterocycles. The van der Waals surface area contributed by atoms with E-state index < -0.39 is 0 Å². The van der Waals surface area contributed by atoms with Gasteiger partial charge in [0.05, 0.1) is 12.1 Å². The lowest BCUT2D eigenvalue weighted by atomic mass is 10.0. The predicted octanol–water partition coefficient (Wildman–Crippen LogP) is 1.86. The van der Waals surface area contributed by atoms with Gasteiger partial charge in [-0.05, 0) is 30.9 Å². The molecule has 1 atom stereocenters. The van der Waals surface area contributed by atoms with Crippen LogP contribution < -0.4 is 5.32 Å². The molecule has 2 heterocycles. The summed E-state index contributed by atoms with van der Waals surface area (Å²) in [5.74, 6) is 1.15. The molecule has 94 valence electrons. The van der Waals surface area contributed by atoms with Crippen molar-refractivity contribution < 1.29 is 4.74 Å². The fourth-order valence-electron chi connectivity index (χ4n) is 2.16. The first-order valence-corrected chi connectivity index (χ1v) is 6.33. The van der Waals surface area contributed by atoms with E-state index in [0.29, 0.717) is 11.9 Å². The second kappa shape index (κ2) is 5.27. The Bertz CT molecular complexity index is 525. The number of anilines is 1. The Kier molecular flexibility index (Phi) is 3.32. The molecule has 0 spiro atoms. The zero-order valence-electron chi connectivity index (χ0n) is 10.2. The fourth-order valence-corrected chi connectivity index (χ4v) is 2.16. The summed E-state index contributed by atoms with van der Waals surface area (Å²) in [5.41, 5.74) is 1.69. The van der Waals surface area contributed by atoms with Gasteiger partial charge in [0.1, 0.15) is 5.52 Å². The van der Waals surface area contributed by atoms with Gasteiger partial charge in [0.15, 0.2) is 0 Å². The average molecular weight is 244 g/mol. The number of para-hydroxylation sites is 1. The molecule has 0 radical (unpaired) electrons. The van der Waals surface area contributed by atoms with E-state index in [1.54, 1.807) is 0 Å². The molecule has 0 amide bonds. The number of rotatable bonds is 3. The summed E-state index contributed by atoms with van der Waals surface area (Å²) in [6.45, 7) is 2.57. The molecular formula is C13H16N4O. The highest BCUT2D eigenvalue weighted by molar-refractivity contribution is 5.73. The molecule has 1 aliphatic rings. The van der Waals surface area contributed by atoms with Gasteiger partial charge in [0, 0.05) is 13.2 Å². The Labute approximate surface area is 106 Å². The molecular weight excluding hydrogens is 228 g/mol. The molecule has 0 aliphatic carbocycles. The molecule has 0 bridgehead atoms.